The van der Waals surface area contributed by atoms with Gasteiger partial charge < -0.3 is 4.74 Å². The number of aryl methyl sites for hydroxylation is 1. The third-order valence-electron chi connectivity index (χ3n) is 2.91. The van der Waals surface area contributed by atoms with Gasteiger partial charge in [0.15, 0.2) is 5.78 Å². The van der Waals surface area contributed by atoms with Gasteiger partial charge in [-0.2, -0.15) is 0 Å². The number of carbonyl (C=O) groups is 1. The van der Waals surface area contributed by atoms with Gasteiger partial charge in [-0.1, -0.05) is 34.1 Å². The molecule has 2 rings (SSSR count). The lowest BCUT2D eigenvalue weighted by atomic mass is 10.1. The summed E-state index contributed by atoms with van der Waals surface area (Å²) in [7, 11) is 0. The number of aromatic nitrogens is 1. The lowest BCUT2D eigenvalue weighted by Gasteiger charge is -2.05. The van der Waals surface area contributed by atoms with Crippen molar-refractivity contribution in [2.24, 2.45) is 0 Å². The number of rotatable bonds is 7. The van der Waals surface area contributed by atoms with E-state index in [4.69, 9.17) is 4.74 Å². The summed E-state index contributed by atoms with van der Waals surface area (Å²) in [5, 5.41) is 0. The topological polar surface area (TPSA) is 39.2 Å². The Hall–Kier alpha value is -1.52. The molecule has 0 spiro atoms. The monoisotopic (exact) mass is 333 g/mol. The van der Waals surface area contributed by atoms with Crippen molar-refractivity contribution in [3.63, 3.8) is 0 Å². The molecule has 2 aromatic rings. The Kier molecular flexibility index (Phi) is 5.89. The van der Waals surface area contributed by atoms with E-state index in [9.17, 15) is 4.79 Å². The van der Waals surface area contributed by atoms with Crippen LogP contribution in [0.15, 0.2) is 53.3 Å². The minimum absolute atomic E-state index is 0.00128. The molecule has 0 saturated heterocycles. The highest BCUT2D eigenvalue weighted by molar-refractivity contribution is 9.10. The van der Waals surface area contributed by atoms with Crippen molar-refractivity contribution in [3.8, 4) is 0 Å². The Morgan fingerprint density at radius 3 is 2.65 bits per heavy atom. The Morgan fingerprint density at radius 1 is 1.15 bits per heavy atom. The van der Waals surface area contributed by atoms with Gasteiger partial charge in [-0.05, 0) is 36.6 Å². The molecule has 0 aliphatic rings. The average molecular weight is 334 g/mol. The van der Waals surface area contributed by atoms with E-state index >= 15 is 0 Å². The van der Waals surface area contributed by atoms with Crippen molar-refractivity contribution in [1.82, 2.24) is 4.98 Å². The third-order valence-corrected chi connectivity index (χ3v) is 3.60. The second-order valence-electron chi connectivity index (χ2n) is 4.41. The molecule has 0 atom stereocenters. The Morgan fingerprint density at radius 2 is 1.90 bits per heavy atom. The van der Waals surface area contributed by atoms with Crippen LogP contribution in [-0.2, 0) is 11.2 Å². The van der Waals surface area contributed by atoms with Crippen LogP contribution in [-0.4, -0.2) is 24.0 Å². The van der Waals surface area contributed by atoms with Gasteiger partial charge in [0.1, 0.15) is 6.61 Å². The summed E-state index contributed by atoms with van der Waals surface area (Å²) in [4.78, 5) is 15.9. The van der Waals surface area contributed by atoms with Crippen molar-refractivity contribution in [3.05, 3.63) is 64.4 Å². The van der Waals surface area contributed by atoms with Crippen molar-refractivity contribution < 1.29 is 9.53 Å². The van der Waals surface area contributed by atoms with E-state index in [1.807, 2.05) is 30.3 Å². The van der Waals surface area contributed by atoms with E-state index in [-0.39, 0.29) is 12.4 Å². The quantitative estimate of drug-likeness (QED) is 0.573. The first-order valence-corrected chi connectivity index (χ1v) is 7.31. The van der Waals surface area contributed by atoms with E-state index in [1.54, 1.807) is 18.5 Å². The van der Waals surface area contributed by atoms with Crippen molar-refractivity contribution in [1.29, 1.82) is 0 Å². The van der Waals surface area contributed by atoms with Crippen LogP contribution in [0.4, 0.5) is 0 Å². The predicted octanol–water partition coefficient (Wildman–Crippen LogP) is 3.68. The number of benzene rings is 1. The normalized spacial score (nSPS) is 10.4. The summed E-state index contributed by atoms with van der Waals surface area (Å²) in [6.07, 6.45) is 5.40. The largest absolute Gasteiger partial charge is 0.373 e. The zero-order chi connectivity index (χ0) is 14.2. The molecule has 1 aromatic heterocycles. The molecular weight excluding hydrogens is 318 g/mol. The number of carbonyl (C=O) groups excluding carboxylic acids is 1. The van der Waals surface area contributed by atoms with Gasteiger partial charge in [-0.3, -0.25) is 9.78 Å². The predicted molar refractivity (Wildman–Crippen MR) is 81.8 cm³/mol. The van der Waals surface area contributed by atoms with Crippen LogP contribution in [0.5, 0.6) is 0 Å². The van der Waals surface area contributed by atoms with Gasteiger partial charge in [0, 0.05) is 29.0 Å². The zero-order valence-electron chi connectivity index (χ0n) is 11.1. The lowest BCUT2D eigenvalue weighted by Crippen LogP contribution is -2.10. The number of ketones is 1. The van der Waals surface area contributed by atoms with E-state index in [1.165, 1.54) is 5.56 Å². The summed E-state index contributed by atoms with van der Waals surface area (Å²) in [5.74, 6) is 0.00128. The number of hydrogen-bond acceptors (Lipinski definition) is 3. The number of ether oxygens (including phenoxy) is 1. The van der Waals surface area contributed by atoms with Crippen molar-refractivity contribution in [2.45, 2.75) is 12.8 Å². The van der Waals surface area contributed by atoms with Crippen LogP contribution in [0.1, 0.15) is 22.3 Å². The molecule has 0 unspecified atom stereocenters. The number of halogens is 1. The molecule has 0 aliphatic carbocycles. The molecule has 0 radical (unpaired) electrons. The van der Waals surface area contributed by atoms with E-state index in [0.717, 1.165) is 17.3 Å². The zero-order valence-corrected chi connectivity index (χ0v) is 12.7. The van der Waals surface area contributed by atoms with Gasteiger partial charge in [0.05, 0.1) is 0 Å². The fraction of sp³-hybridized carbons (Fsp3) is 0.250. The first kappa shape index (κ1) is 14.9. The van der Waals surface area contributed by atoms with Gasteiger partial charge >= 0.3 is 0 Å². The minimum atomic E-state index is 0.00128. The first-order chi connectivity index (χ1) is 9.77. The first-order valence-electron chi connectivity index (χ1n) is 6.52. The second-order valence-corrected chi connectivity index (χ2v) is 5.27. The van der Waals surface area contributed by atoms with Gasteiger partial charge in [-0.15, -0.1) is 0 Å². The maximum Gasteiger partial charge on any atom is 0.189 e. The number of nitrogens with zero attached hydrogens (tertiary/aromatic N) is 1. The maximum absolute atomic E-state index is 11.9. The average Bonchev–Trinajstić information content (AvgIpc) is 2.48. The van der Waals surface area contributed by atoms with Crippen LogP contribution in [0, 0.1) is 0 Å². The van der Waals surface area contributed by atoms with E-state index < -0.39 is 0 Å². The molecule has 0 aliphatic heterocycles. The molecule has 1 aromatic carbocycles. The van der Waals surface area contributed by atoms with Crippen molar-refractivity contribution >= 4 is 21.7 Å². The summed E-state index contributed by atoms with van der Waals surface area (Å²) in [5.41, 5.74) is 1.90. The van der Waals surface area contributed by atoms with E-state index in [2.05, 4.69) is 20.9 Å². The Bertz CT molecular complexity index is 557. The highest BCUT2D eigenvalue weighted by Crippen LogP contribution is 2.16. The van der Waals surface area contributed by atoms with Crippen LogP contribution in [0.25, 0.3) is 0 Å². The molecule has 104 valence electrons. The fourth-order valence-corrected chi connectivity index (χ4v) is 2.36. The highest BCUT2D eigenvalue weighted by Gasteiger charge is 2.08. The summed E-state index contributed by atoms with van der Waals surface area (Å²) >= 11 is 3.37. The number of Topliss-reactive ketones (excluding diaryl/α,β-unsaturated/α-hetero) is 1. The molecule has 4 heteroatoms. The third kappa shape index (κ3) is 4.54. The summed E-state index contributed by atoms with van der Waals surface area (Å²) < 4.78 is 6.25. The molecular formula is C16H16BrNO2. The highest BCUT2D eigenvalue weighted by atomic mass is 79.9. The molecule has 0 N–H and O–H groups in total. The standard InChI is InChI=1S/C16H16BrNO2/c17-15-6-2-1-5-14(15)16(19)12-20-11-3-4-13-7-9-18-10-8-13/h1-2,5-10H,3-4,11-12H2. The van der Waals surface area contributed by atoms with Crippen LogP contribution < -0.4 is 0 Å². The maximum atomic E-state index is 11.9. The van der Waals surface area contributed by atoms with Crippen LogP contribution in [0.3, 0.4) is 0 Å². The van der Waals surface area contributed by atoms with Crippen LogP contribution >= 0.6 is 15.9 Å². The SMILES string of the molecule is O=C(COCCCc1ccncc1)c1ccccc1Br. The number of pyridine rings is 1. The lowest BCUT2D eigenvalue weighted by molar-refractivity contribution is 0.0755. The molecule has 0 bridgehead atoms. The molecule has 0 saturated carbocycles. The van der Waals surface area contributed by atoms with Gasteiger partial charge in [0.2, 0.25) is 0 Å². The molecule has 20 heavy (non-hydrogen) atoms. The van der Waals surface area contributed by atoms with Crippen molar-refractivity contribution in [2.75, 3.05) is 13.2 Å². The Labute approximate surface area is 127 Å². The second kappa shape index (κ2) is 7.92. The number of hydrogen-bond donors (Lipinski definition) is 0. The smallest absolute Gasteiger partial charge is 0.189 e. The molecule has 0 fully saturated rings. The summed E-state index contributed by atoms with van der Waals surface area (Å²) in [6.45, 7) is 0.706. The van der Waals surface area contributed by atoms with E-state index in [0.29, 0.717) is 12.2 Å². The molecule has 0 amide bonds. The summed E-state index contributed by atoms with van der Waals surface area (Å²) in [6, 6.07) is 11.4. The van der Waals surface area contributed by atoms with Gasteiger partial charge in [-0.25, -0.2) is 0 Å². The van der Waals surface area contributed by atoms with Crippen LogP contribution in [0.2, 0.25) is 0 Å². The fourth-order valence-electron chi connectivity index (χ4n) is 1.86. The molecule has 1 heterocycles. The minimum Gasteiger partial charge on any atom is -0.373 e. The van der Waals surface area contributed by atoms with Gasteiger partial charge in [0.25, 0.3) is 0 Å². The molecule has 3 nitrogen and oxygen atoms in total. The Balaban J connectivity index is 1.69.